The van der Waals surface area contributed by atoms with Gasteiger partial charge in [0.25, 0.3) is 0 Å². The predicted molar refractivity (Wildman–Crippen MR) is 53.1 cm³/mol. The van der Waals surface area contributed by atoms with Crippen molar-refractivity contribution in [3.63, 3.8) is 0 Å². The van der Waals surface area contributed by atoms with E-state index in [1.54, 1.807) is 6.07 Å². The average molecular weight is 254 g/mol. The average Bonchev–Trinajstić information content (AvgIpc) is 2.53. The molecule has 0 fully saturated rings. The lowest BCUT2D eigenvalue weighted by molar-refractivity contribution is 0.637. The number of hydrogen-bond donors (Lipinski definition) is 1. The first kappa shape index (κ1) is 9.16. The molecule has 1 aromatic heterocycles. The lowest BCUT2D eigenvalue weighted by atomic mass is 10.1. The molecule has 0 atom stereocenters. The van der Waals surface area contributed by atoms with Crippen LogP contribution in [0.4, 0.5) is 4.39 Å². The van der Waals surface area contributed by atoms with E-state index in [2.05, 4.69) is 25.9 Å². The summed E-state index contributed by atoms with van der Waals surface area (Å²) in [5, 5.41) is 8.56. The van der Waals surface area contributed by atoms with Crippen LogP contribution in [-0.4, -0.2) is 9.97 Å². The molecule has 0 aliphatic heterocycles. The van der Waals surface area contributed by atoms with E-state index >= 15 is 0 Å². The Morgan fingerprint density at radius 2 is 2.36 bits per heavy atom. The van der Waals surface area contributed by atoms with Crippen LogP contribution >= 0.6 is 15.9 Å². The number of H-pyrrole nitrogens is 1. The van der Waals surface area contributed by atoms with E-state index in [9.17, 15) is 4.39 Å². The lowest BCUT2D eigenvalue weighted by Crippen LogP contribution is -1.86. The number of fused-ring (bicyclic) bond motifs is 1. The first-order valence-electron chi connectivity index (χ1n) is 3.92. The van der Waals surface area contributed by atoms with Gasteiger partial charge in [0, 0.05) is 0 Å². The Morgan fingerprint density at radius 3 is 3.07 bits per heavy atom. The number of aromatic amines is 1. The molecule has 0 aliphatic carbocycles. The zero-order valence-electron chi connectivity index (χ0n) is 7.01. The van der Waals surface area contributed by atoms with Gasteiger partial charge in [-0.15, -0.1) is 0 Å². The quantitative estimate of drug-likeness (QED) is 0.850. The standard InChI is InChI=1S/C9H5BrFN3/c10-9-13-7-5(3-4-12)1-2-6(11)8(7)14-9/h1-2H,3H2,(H,13,14). The summed E-state index contributed by atoms with van der Waals surface area (Å²) in [7, 11) is 0. The van der Waals surface area contributed by atoms with Crippen LogP contribution in [0.2, 0.25) is 0 Å². The van der Waals surface area contributed by atoms with Crippen molar-refractivity contribution in [1.82, 2.24) is 9.97 Å². The fourth-order valence-electron chi connectivity index (χ4n) is 1.31. The largest absolute Gasteiger partial charge is 0.330 e. The van der Waals surface area contributed by atoms with Gasteiger partial charge >= 0.3 is 0 Å². The number of benzene rings is 1. The fraction of sp³-hybridized carbons (Fsp3) is 0.111. The van der Waals surface area contributed by atoms with Gasteiger partial charge in [-0.05, 0) is 27.6 Å². The minimum Gasteiger partial charge on any atom is -0.330 e. The number of rotatable bonds is 1. The van der Waals surface area contributed by atoms with Crippen LogP contribution < -0.4 is 0 Å². The molecule has 0 radical (unpaired) electrons. The van der Waals surface area contributed by atoms with Crippen molar-refractivity contribution in [1.29, 1.82) is 5.26 Å². The molecule has 2 aromatic rings. The summed E-state index contributed by atoms with van der Waals surface area (Å²) < 4.78 is 13.7. The van der Waals surface area contributed by atoms with Crippen LogP contribution in [0.1, 0.15) is 5.56 Å². The van der Waals surface area contributed by atoms with E-state index in [0.29, 0.717) is 15.8 Å². The van der Waals surface area contributed by atoms with Crippen LogP contribution in [0.15, 0.2) is 16.9 Å². The van der Waals surface area contributed by atoms with Crippen LogP contribution in [0.3, 0.4) is 0 Å². The number of nitrogens with zero attached hydrogens (tertiary/aromatic N) is 2. The number of hydrogen-bond acceptors (Lipinski definition) is 2. The molecule has 1 aromatic carbocycles. The van der Waals surface area contributed by atoms with Gasteiger partial charge in [-0.25, -0.2) is 9.37 Å². The van der Waals surface area contributed by atoms with Crippen LogP contribution in [0, 0.1) is 17.1 Å². The Bertz CT molecular complexity index is 527. The zero-order valence-corrected chi connectivity index (χ0v) is 8.60. The van der Waals surface area contributed by atoms with Crippen molar-refractivity contribution in [2.75, 3.05) is 0 Å². The van der Waals surface area contributed by atoms with Crippen molar-refractivity contribution in [3.8, 4) is 6.07 Å². The Hall–Kier alpha value is -1.41. The molecule has 70 valence electrons. The second-order valence-corrected chi connectivity index (χ2v) is 3.54. The van der Waals surface area contributed by atoms with Crippen molar-refractivity contribution < 1.29 is 4.39 Å². The normalized spacial score (nSPS) is 10.4. The molecule has 14 heavy (non-hydrogen) atoms. The van der Waals surface area contributed by atoms with E-state index in [1.165, 1.54) is 6.07 Å². The Balaban J connectivity index is 2.75. The highest BCUT2D eigenvalue weighted by Gasteiger charge is 2.09. The van der Waals surface area contributed by atoms with Crippen molar-refractivity contribution in [2.45, 2.75) is 6.42 Å². The maximum absolute atomic E-state index is 13.2. The number of imidazole rings is 1. The molecule has 0 bridgehead atoms. The van der Waals surface area contributed by atoms with Gasteiger partial charge in [0.15, 0.2) is 4.73 Å². The third-order valence-corrected chi connectivity index (χ3v) is 2.29. The van der Waals surface area contributed by atoms with E-state index in [1.807, 2.05) is 6.07 Å². The second-order valence-electron chi connectivity index (χ2n) is 2.79. The summed E-state index contributed by atoms with van der Waals surface area (Å²) in [4.78, 5) is 6.81. The van der Waals surface area contributed by atoms with Crippen molar-refractivity contribution >= 4 is 27.0 Å². The highest BCUT2D eigenvalue weighted by Crippen LogP contribution is 2.22. The lowest BCUT2D eigenvalue weighted by Gasteiger charge is -1.96. The molecule has 5 heteroatoms. The summed E-state index contributed by atoms with van der Waals surface area (Å²) in [6.45, 7) is 0. The maximum Gasteiger partial charge on any atom is 0.175 e. The van der Waals surface area contributed by atoms with E-state index < -0.39 is 0 Å². The smallest absolute Gasteiger partial charge is 0.175 e. The summed E-state index contributed by atoms with van der Waals surface area (Å²) in [5.41, 5.74) is 1.58. The second kappa shape index (κ2) is 3.39. The highest BCUT2D eigenvalue weighted by atomic mass is 79.9. The molecule has 0 amide bonds. The zero-order chi connectivity index (χ0) is 10.1. The number of aromatic nitrogens is 2. The molecule has 3 nitrogen and oxygen atoms in total. The third-order valence-electron chi connectivity index (χ3n) is 1.92. The Labute approximate surface area is 87.7 Å². The van der Waals surface area contributed by atoms with Crippen LogP contribution in [0.5, 0.6) is 0 Å². The number of nitriles is 1. The molecular weight excluding hydrogens is 249 g/mol. The van der Waals surface area contributed by atoms with Gasteiger partial charge in [-0.1, -0.05) is 6.07 Å². The summed E-state index contributed by atoms with van der Waals surface area (Å²) in [6, 6.07) is 4.92. The van der Waals surface area contributed by atoms with E-state index in [4.69, 9.17) is 5.26 Å². The summed E-state index contributed by atoms with van der Waals surface area (Å²) in [6.07, 6.45) is 0.230. The van der Waals surface area contributed by atoms with Gasteiger partial charge in [0.1, 0.15) is 11.3 Å². The molecule has 1 heterocycles. The van der Waals surface area contributed by atoms with Gasteiger partial charge < -0.3 is 4.98 Å². The molecule has 2 rings (SSSR count). The molecular formula is C9H5BrFN3. The monoisotopic (exact) mass is 253 g/mol. The van der Waals surface area contributed by atoms with Crippen molar-refractivity contribution in [3.05, 3.63) is 28.2 Å². The highest BCUT2D eigenvalue weighted by molar-refractivity contribution is 9.10. The summed E-state index contributed by atoms with van der Waals surface area (Å²) in [5.74, 6) is -0.361. The van der Waals surface area contributed by atoms with Gasteiger partial charge in [0.05, 0.1) is 18.0 Å². The molecule has 0 unspecified atom stereocenters. The maximum atomic E-state index is 13.2. The predicted octanol–water partition coefficient (Wildman–Crippen LogP) is 2.53. The van der Waals surface area contributed by atoms with Crippen molar-refractivity contribution in [2.24, 2.45) is 0 Å². The van der Waals surface area contributed by atoms with Crippen LogP contribution in [0.25, 0.3) is 11.0 Å². The molecule has 0 saturated carbocycles. The summed E-state index contributed by atoms with van der Waals surface area (Å²) >= 11 is 3.13. The molecule has 0 aliphatic rings. The van der Waals surface area contributed by atoms with E-state index in [0.717, 1.165) is 5.56 Å². The SMILES string of the molecule is N#CCc1ccc(F)c2[nH]c(Br)nc12. The van der Waals surface area contributed by atoms with Crippen LogP contribution in [-0.2, 0) is 6.42 Å². The van der Waals surface area contributed by atoms with Gasteiger partial charge in [0.2, 0.25) is 0 Å². The Morgan fingerprint density at radius 1 is 1.57 bits per heavy atom. The molecule has 0 spiro atoms. The number of nitrogens with one attached hydrogen (secondary N) is 1. The first-order chi connectivity index (χ1) is 6.72. The Kier molecular flexibility index (Phi) is 2.22. The fourth-order valence-corrected chi connectivity index (χ4v) is 1.69. The molecule has 1 N–H and O–H groups in total. The molecule has 0 saturated heterocycles. The van der Waals surface area contributed by atoms with E-state index in [-0.39, 0.29) is 12.2 Å². The first-order valence-corrected chi connectivity index (χ1v) is 4.71. The van der Waals surface area contributed by atoms with Gasteiger partial charge in [-0.2, -0.15) is 5.26 Å². The minimum atomic E-state index is -0.361. The van der Waals surface area contributed by atoms with Gasteiger partial charge in [-0.3, -0.25) is 0 Å². The third kappa shape index (κ3) is 1.38. The number of halogens is 2. The topological polar surface area (TPSA) is 52.5 Å². The minimum absolute atomic E-state index is 0.230.